The zero-order valence-electron chi connectivity index (χ0n) is 28.1. The zero-order chi connectivity index (χ0) is 44.7. The molecule has 0 aliphatic carbocycles. The highest BCUT2D eigenvalue weighted by Gasteiger charge is 2.95. The number of alkyl halides is 17. The van der Waals surface area contributed by atoms with E-state index >= 15 is 0 Å². The minimum Gasteiger partial charge on any atom is -0.445 e. The Bertz CT molecular complexity index is 1920. The number of ether oxygens (including phenoxy) is 2. The number of carbonyl (C=O) groups excluding carboxylic acids is 1. The van der Waals surface area contributed by atoms with Gasteiger partial charge in [0.05, 0.1) is 12.2 Å². The van der Waals surface area contributed by atoms with Gasteiger partial charge < -0.3 is 30.1 Å². The number of hydrogen-bond donors (Lipinski definition) is 5. The van der Waals surface area contributed by atoms with Gasteiger partial charge in [-0.2, -0.15) is 74.6 Å². The highest BCUT2D eigenvalue weighted by atomic mass is 19.4. The number of aliphatic hydroxyl groups excluding tert-OH is 3. The van der Waals surface area contributed by atoms with E-state index in [1.165, 1.54) is 0 Å². The van der Waals surface area contributed by atoms with E-state index in [4.69, 9.17) is 9.47 Å². The summed E-state index contributed by atoms with van der Waals surface area (Å²) in [6.45, 7) is -1.69. The van der Waals surface area contributed by atoms with Crippen LogP contribution >= 0.6 is 0 Å². The first-order valence-electron chi connectivity index (χ1n) is 15.6. The van der Waals surface area contributed by atoms with Gasteiger partial charge in [0.1, 0.15) is 24.9 Å². The topological polar surface area (TPSA) is 163 Å². The first-order valence-corrected chi connectivity index (χ1v) is 15.6. The molecule has 1 aromatic carbocycles. The molecule has 1 fully saturated rings. The second-order valence-electron chi connectivity index (χ2n) is 12.3. The quantitative estimate of drug-likeness (QED) is 0.147. The van der Waals surface area contributed by atoms with E-state index in [-0.39, 0.29) is 17.7 Å². The predicted molar refractivity (Wildman–Crippen MR) is 157 cm³/mol. The van der Waals surface area contributed by atoms with Crippen LogP contribution in [0.5, 0.6) is 0 Å². The number of rotatable bonds is 16. The Labute approximate surface area is 310 Å². The molecule has 4 atom stereocenters. The van der Waals surface area contributed by atoms with Crippen LogP contribution in [-0.4, -0.2) is 110 Å². The second kappa shape index (κ2) is 16.3. The summed E-state index contributed by atoms with van der Waals surface area (Å²) in [5.41, 5.74) is -2.71. The first kappa shape index (κ1) is 47.9. The third kappa shape index (κ3) is 8.50. The fourth-order valence-electron chi connectivity index (χ4n) is 4.90. The summed E-state index contributed by atoms with van der Waals surface area (Å²) in [6.07, 6.45) is -16.0. The van der Waals surface area contributed by atoms with Crippen molar-refractivity contribution in [2.24, 2.45) is 0 Å². The summed E-state index contributed by atoms with van der Waals surface area (Å²) in [5, 5.41) is 31.4. The number of amides is 1. The summed E-state index contributed by atoms with van der Waals surface area (Å²) in [7, 11) is 0. The Morgan fingerprint density at radius 1 is 0.776 bits per heavy atom. The number of hydrogen-bond acceptors (Lipinski definition) is 8. The SMILES string of the molecule is O=C(NC/C=C/c1cn([C@@H]2O[C@H](CO)[C@@H](O)[C@H]2O)c(=O)[nH]c1=O)OCc1ccc(CCC(F)(F)C(F)(F)C(F)(F)C(F)(F)C(F)(F)C(F)(F)C(F)(F)C(F)(F)F)cc1. The molecule has 1 aliphatic rings. The smallest absolute Gasteiger partial charge is 0.445 e. The lowest BCUT2D eigenvalue weighted by Crippen LogP contribution is -2.74. The highest BCUT2D eigenvalue weighted by molar-refractivity contribution is 5.67. The van der Waals surface area contributed by atoms with E-state index in [1.54, 1.807) is 0 Å². The summed E-state index contributed by atoms with van der Waals surface area (Å²) >= 11 is 0. The van der Waals surface area contributed by atoms with Gasteiger partial charge in [-0.3, -0.25) is 14.3 Å². The van der Waals surface area contributed by atoms with Gasteiger partial charge in [0.25, 0.3) is 5.56 Å². The van der Waals surface area contributed by atoms with Crippen molar-refractivity contribution in [1.29, 1.82) is 0 Å². The molecule has 0 radical (unpaired) electrons. The van der Waals surface area contributed by atoms with Crippen LogP contribution < -0.4 is 16.6 Å². The first-order chi connectivity index (χ1) is 26.2. The molecule has 0 spiro atoms. The molecule has 1 aromatic heterocycles. The van der Waals surface area contributed by atoms with Crippen molar-refractivity contribution in [3.05, 3.63) is 74.1 Å². The molecule has 2 aromatic rings. The van der Waals surface area contributed by atoms with Crippen LogP contribution in [0.15, 0.2) is 46.1 Å². The van der Waals surface area contributed by atoms with Crippen LogP contribution in [0.3, 0.4) is 0 Å². The Kier molecular flexibility index (Phi) is 13.5. The zero-order valence-corrected chi connectivity index (χ0v) is 28.1. The van der Waals surface area contributed by atoms with Gasteiger partial charge in [0.2, 0.25) is 0 Å². The van der Waals surface area contributed by atoms with Crippen molar-refractivity contribution in [3.63, 3.8) is 0 Å². The average molecular weight is 880 g/mol. The third-order valence-electron chi connectivity index (χ3n) is 8.36. The number of aliphatic hydroxyl groups is 3. The van der Waals surface area contributed by atoms with Gasteiger partial charge in [0.15, 0.2) is 6.23 Å². The maximum atomic E-state index is 14.2. The lowest BCUT2D eigenvalue weighted by atomic mass is 9.87. The Morgan fingerprint density at radius 3 is 1.78 bits per heavy atom. The number of aryl methyl sites for hydroxylation is 1. The van der Waals surface area contributed by atoms with Crippen LogP contribution in [-0.2, 0) is 22.5 Å². The standard InChI is InChI=1S/C30H26F17N3O8/c31-23(32,24(33,34)25(35,36)26(37,38)27(39,40)28(41,42)29(43,44)30(45,46)47)8-7-13-3-5-14(6-4-13)12-57-22(56)48-9-1-2-15-10-50(21(55)49-19(15)54)20-18(53)17(52)16(11-51)58-20/h1-6,10,16-18,20,51-53H,7-9,11-12H2,(H,48,56)(H,49,54,55)/b2-1+/t16-,17-,18-,20-/m1/s1. The molecule has 0 bridgehead atoms. The summed E-state index contributed by atoms with van der Waals surface area (Å²) in [4.78, 5) is 38.3. The lowest BCUT2D eigenvalue weighted by molar-refractivity contribution is -0.461. The Morgan fingerprint density at radius 2 is 1.28 bits per heavy atom. The minimum absolute atomic E-state index is 0.00944. The number of benzene rings is 1. The molecule has 58 heavy (non-hydrogen) atoms. The largest absolute Gasteiger partial charge is 0.460 e. The van der Waals surface area contributed by atoms with Gasteiger partial charge in [-0.05, 0) is 17.5 Å². The number of nitrogens with zero attached hydrogens (tertiary/aromatic N) is 1. The molecule has 11 nitrogen and oxygen atoms in total. The maximum Gasteiger partial charge on any atom is 0.460 e. The van der Waals surface area contributed by atoms with Crippen molar-refractivity contribution in [3.8, 4) is 0 Å². The van der Waals surface area contributed by atoms with Crippen LogP contribution in [0.25, 0.3) is 6.08 Å². The van der Waals surface area contributed by atoms with Crippen LogP contribution in [0.2, 0.25) is 0 Å². The van der Waals surface area contributed by atoms with Crippen molar-refractivity contribution in [2.45, 2.75) is 91.6 Å². The van der Waals surface area contributed by atoms with E-state index in [0.29, 0.717) is 0 Å². The Hall–Kier alpha value is -4.44. The van der Waals surface area contributed by atoms with Gasteiger partial charge in [-0.15, -0.1) is 0 Å². The lowest BCUT2D eigenvalue weighted by Gasteiger charge is -2.42. The maximum absolute atomic E-state index is 14.2. The molecule has 3 rings (SSSR count). The molecular formula is C30H26F17N3O8. The summed E-state index contributed by atoms with van der Waals surface area (Å²) in [5.74, 6) is -56.9. The number of H-pyrrole nitrogens is 1. The second-order valence-corrected chi connectivity index (χ2v) is 12.3. The number of alkyl carbamates (subject to hydrolysis) is 1. The molecule has 328 valence electrons. The molecular weight excluding hydrogens is 853 g/mol. The van der Waals surface area contributed by atoms with Gasteiger partial charge in [0, 0.05) is 19.2 Å². The monoisotopic (exact) mass is 879 g/mol. The van der Waals surface area contributed by atoms with E-state index in [0.717, 1.165) is 47.2 Å². The molecule has 1 amide bonds. The van der Waals surface area contributed by atoms with E-state index in [9.17, 15) is 104 Å². The van der Waals surface area contributed by atoms with Gasteiger partial charge >= 0.3 is 59.4 Å². The summed E-state index contributed by atoms with van der Waals surface area (Å²) in [6, 6.07) is 3.45. The molecule has 28 heteroatoms. The van der Waals surface area contributed by atoms with Gasteiger partial charge in [-0.25, -0.2) is 9.59 Å². The molecule has 0 saturated carbocycles. The fourth-order valence-corrected chi connectivity index (χ4v) is 4.90. The average Bonchev–Trinajstić information content (AvgIpc) is 3.40. The van der Waals surface area contributed by atoms with Crippen molar-refractivity contribution < 1.29 is 104 Å². The van der Waals surface area contributed by atoms with Crippen LogP contribution in [0, 0.1) is 0 Å². The Balaban J connectivity index is 1.60. The molecule has 1 aliphatic heterocycles. The molecule has 0 unspecified atom stereocenters. The van der Waals surface area contributed by atoms with E-state index in [2.05, 4.69) is 5.32 Å². The third-order valence-corrected chi connectivity index (χ3v) is 8.36. The number of aromatic nitrogens is 2. The van der Waals surface area contributed by atoms with Crippen molar-refractivity contribution in [2.75, 3.05) is 13.2 Å². The van der Waals surface area contributed by atoms with Crippen LogP contribution in [0.4, 0.5) is 79.4 Å². The summed E-state index contributed by atoms with van der Waals surface area (Å²) < 4.78 is 240. The van der Waals surface area contributed by atoms with Gasteiger partial charge in [-0.1, -0.05) is 36.4 Å². The fraction of sp³-hybridized carbons (Fsp3) is 0.567. The molecule has 1 saturated heterocycles. The predicted octanol–water partition coefficient (Wildman–Crippen LogP) is 5.03. The van der Waals surface area contributed by atoms with Crippen molar-refractivity contribution >= 4 is 12.2 Å². The normalized spacial score (nSPS) is 20.5. The number of nitrogens with one attached hydrogen (secondary N) is 2. The number of aromatic amines is 1. The minimum atomic E-state index is -8.71. The number of carbonyl (C=O) groups is 1. The number of halogens is 17. The van der Waals surface area contributed by atoms with E-state index < -0.39 is 121 Å². The molecule has 2 heterocycles. The molecule has 5 N–H and O–H groups in total. The highest BCUT2D eigenvalue weighted by Crippen LogP contribution is 2.64. The van der Waals surface area contributed by atoms with E-state index in [1.807, 2.05) is 4.98 Å². The van der Waals surface area contributed by atoms with Crippen molar-refractivity contribution in [1.82, 2.24) is 14.9 Å². The van der Waals surface area contributed by atoms with Crippen LogP contribution in [0.1, 0.15) is 29.3 Å².